The second-order valence-corrected chi connectivity index (χ2v) is 5.12. The molecular weight excluding hydrogens is 297 g/mol. The molecule has 0 aromatic heterocycles. The van der Waals surface area contributed by atoms with Gasteiger partial charge < -0.3 is 10.4 Å². The van der Waals surface area contributed by atoms with Crippen LogP contribution in [0.3, 0.4) is 0 Å². The molecule has 2 atom stereocenters. The van der Waals surface area contributed by atoms with Crippen LogP contribution in [0.2, 0.25) is 5.02 Å². The van der Waals surface area contributed by atoms with Crippen molar-refractivity contribution >= 4 is 29.6 Å². The number of carbonyl (C=O) groups is 2. The van der Waals surface area contributed by atoms with Crippen molar-refractivity contribution in [2.24, 2.45) is 5.92 Å². The number of carboxylic acids is 1. The fourth-order valence-electron chi connectivity index (χ4n) is 1.67. The summed E-state index contributed by atoms with van der Waals surface area (Å²) in [5, 5.41) is 11.5. The molecule has 0 aliphatic heterocycles. The fourth-order valence-corrected chi connectivity index (χ4v) is 1.86. The summed E-state index contributed by atoms with van der Waals surface area (Å²) in [5.74, 6) is -2.32. The van der Waals surface area contributed by atoms with Crippen molar-refractivity contribution in [3.05, 3.63) is 40.7 Å². The second-order valence-electron chi connectivity index (χ2n) is 4.72. The number of amides is 1. The highest BCUT2D eigenvalue weighted by molar-refractivity contribution is 6.30. The molecular formula is C15H17ClFNO3. The van der Waals surface area contributed by atoms with E-state index in [1.165, 1.54) is 30.4 Å². The molecule has 0 radical (unpaired) electrons. The molecule has 0 saturated carbocycles. The standard InChI is InChI=1S/C15H17ClFNO3/c1-3-9(2)14(15(20)21)18-13(19)7-5-10-4-6-12(17)11(16)8-10/h4-9,14H,3H2,1-2H3,(H,18,19)(H,20,21)/b7-5+/t9?,14-/m0/s1. The molecule has 21 heavy (non-hydrogen) atoms. The van der Waals surface area contributed by atoms with Gasteiger partial charge in [0, 0.05) is 6.08 Å². The highest BCUT2D eigenvalue weighted by Gasteiger charge is 2.24. The molecule has 4 nitrogen and oxygen atoms in total. The van der Waals surface area contributed by atoms with Gasteiger partial charge in [0.1, 0.15) is 11.9 Å². The summed E-state index contributed by atoms with van der Waals surface area (Å²) in [4.78, 5) is 22.8. The maximum absolute atomic E-state index is 13.0. The molecule has 0 fully saturated rings. The first kappa shape index (κ1) is 17.2. The number of aliphatic carboxylic acids is 1. The Morgan fingerprint density at radius 2 is 2.14 bits per heavy atom. The Morgan fingerprint density at radius 1 is 1.48 bits per heavy atom. The number of nitrogens with one attached hydrogen (secondary N) is 1. The molecule has 6 heteroatoms. The van der Waals surface area contributed by atoms with Crippen molar-refractivity contribution in [2.75, 3.05) is 0 Å². The molecule has 1 rings (SSSR count). The van der Waals surface area contributed by atoms with E-state index in [2.05, 4.69) is 5.32 Å². The van der Waals surface area contributed by atoms with E-state index in [9.17, 15) is 14.0 Å². The lowest BCUT2D eigenvalue weighted by atomic mass is 9.99. The molecule has 1 aromatic rings. The molecule has 0 heterocycles. The highest BCUT2D eigenvalue weighted by Crippen LogP contribution is 2.16. The van der Waals surface area contributed by atoms with Crippen molar-refractivity contribution in [1.82, 2.24) is 5.32 Å². The first-order valence-electron chi connectivity index (χ1n) is 6.51. The lowest BCUT2D eigenvalue weighted by molar-refractivity contribution is -0.142. The molecule has 0 saturated heterocycles. The van der Waals surface area contributed by atoms with Gasteiger partial charge in [-0.05, 0) is 29.7 Å². The summed E-state index contributed by atoms with van der Waals surface area (Å²) in [6, 6.07) is 3.10. The van der Waals surface area contributed by atoms with Crippen LogP contribution in [-0.2, 0) is 9.59 Å². The smallest absolute Gasteiger partial charge is 0.326 e. The van der Waals surface area contributed by atoms with Crippen molar-refractivity contribution in [2.45, 2.75) is 26.3 Å². The molecule has 0 aliphatic rings. The van der Waals surface area contributed by atoms with Gasteiger partial charge in [0.05, 0.1) is 5.02 Å². The lowest BCUT2D eigenvalue weighted by Gasteiger charge is -2.19. The Balaban J connectivity index is 2.73. The SMILES string of the molecule is CCC(C)[C@H](NC(=O)/C=C/c1ccc(F)c(Cl)c1)C(=O)O. The van der Waals surface area contributed by atoms with Gasteiger partial charge in [0.15, 0.2) is 0 Å². The summed E-state index contributed by atoms with van der Waals surface area (Å²) in [5.41, 5.74) is 0.548. The maximum Gasteiger partial charge on any atom is 0.326 e. The van der Waals surface area contributed by atoms with Crippen LogP contribution in [0.1, 0.15) is 25.8 Å². The second kappa shape index (κ2) is 7.78. The average Bonchev–Trinajstić information content (AvgIpc) is 2.44. The van der Waals surface area contributed by atoms with Gasteiger partial charge in [-0.2, -0.15) is 0 Å². The number of halogens is 2. The maximum atomic E-state index is 13.0. The van der Waals surface area contributed by atoms with Gasteiger partial charge in [-0.25, -0.2) is 9.18 Å². The summed E-state index contributed by atoms with van der Waals surface area (Å²) in [7, 11) is 0. The van der Waals surface area contributed by atoms with Crippen LogP contribution in [-0.4, -0.2) is 23.0 Å². The van der Waals surface area contributed by atoms with Crippen molar-refractivity contribution in [1.29, 1.82) is 0 Å². The van der Waals surface area contributed by atoms with E-state index in [0.717, 1.165) is 0 Å². The van der Waals surface area contributed by atoms with Crippen LogP contribution < -0.4 is 5.32 Å². The third-order valence-corrected chi connectivity index (χ3v) is 3.44. The normalized spacial score (nSPS) is 13.9. The molecule has 1 aromatic carbocycles. The number of hydrogen-bond donors (Lipinski definition) is 2. The monoisotopic (exact) mass is 313 g/mol. The molecule has 2 N–H and O–H groups in total. The first-order chi connectivity index (χ1) is 9.85. The summed E-state index contributed by atoms with van der Waals surface area (Å²) < 4.78 is 13.0. The number of carbonyl (C=O) groups excluding carboxylic acids is 1. The van der Waals surface area contributed by atoms with Crippen molar-refractivity contribution in [3.63, 3.8) is 0 Å². The Labute approximate surface area is 127 Å². The predicted octanol–water partition coefficient (Wildman–Crippen LogP) is 3.11. The molecule has 114 valence electrons. The minimum atomic E-state index is -1.07. The van der Waals surface area contributed by atoms with Crippen LogP contribution in [0, 0.1) is 11.7 Å². The molecule has 0 spiro atoms. The van der Waals surface area contributed by atoms with Crippen molar-refractivity contribution < 1.29 is 19.1 Å². The zero-order valence-electron chi connectivity index (χ0n) is 11.8. The summed E-state index contributed by atoms with van der Waals surface area (Å²) in [6.07, 6.45) is 3.27. The number of hydrogen-bond acceptors (Lipinski definition) is 2. The number of carboxylic acid groups (broad SMARTS) is 1. The largest absolute Gasteiger partial charge is 0.480 e. The fraction of sp³-hybridized carbons (Fsp3) is 0.333. The lowest BCUT2D eigenvalue weighted by Crippen LogP contribution is -2.44. The van der Waals surface area contributed by atoms with Gasteiger partial charge in [-0.15, -0.1) is 0 Å². The van der Waals surface area contributed by atoms with Crippen LogP contribution in [0.25, 0.3) is 6.08 Å². The minimum absolute atomic E-state index is 0.0411. The molecule has 0 aliphatic carbocycles. The zero-order chi connectivity index (χ0) is 16.0. The number of rotatable bonds is 6. The van der Waals surface area contributed by atoms with Crippen LogP contribution in [0.15, 0.2) is 24.3 Å². The van der Waals surface area contributed by atoms with Crippen LogP contribution in [0.4, 0.5) is 4.39 Å². The third-order valence-electron chi connectivity index (χ3n) is 3.15. The minimum Gasteiger partial charge on any atom is -0.480 e. The van der Waals surface area contributed by atoms with E-state index in [1.54, 1.807) is 6.92 Å². The molecule has 0 bridgehead atoms. The Bertz CT molecular complexity index is 560. The Hall–Kier alpha value is -1.88. The molecule has 1 unspecified atom stereocenters. The quantitative estimate of drug-likeness (QED) is 0.793. The van der Waals surface area contributed by atoms with E-state index >= 15 is 0 Å². The Morgan fingerprint density at radius 3 is 2.67 bits per heavy atom. The van der Waals surface area contributed by atoms with Gasteiger partial charge in [-0.1, -0.05) is 37.9 Å². The van der Waals surface area contributed by atoms with E-state index in [1.807, 2.05) is 6.92 Å². The topological polar surface area (TPSA) is 66.4 Å². The Kier molecular flexibility index (Phi) is 6.37. The first-order valence-corrected chi connectivity index (χ1v) is 6.89. The highest BCUT2D eigenvalue weighted by atomic mass is 35.5. The average molecular weight is 314 g/mol. The van der Waals surface area contributed by atoms with Gasteiger partial charge in [-0.3, -0.25) is 4.79 Å². The zero-order valence-corrected chi connectivity index (χ0v) is 12.5. The van der Waals surface area contributed by atoms with E-state index in [4.69, 9.17) is 16.7 Å². The van der Waals surface area contributed by atoms with Crippen molar-refractivity contribution in [3.8, 4) is 0 Å². The van der Waals surface area contributed by atoms with Gasteiger partial charge in [0.25, 0.3) is 0 Å². The predicted molar refractivity (Wildman–Crippen MR) is 79.5 cm³/mol. The molecule has 1 amide bonds. The summed E-state index contributed by atoms with van der Waals surface area (Å²) >= 11 is 5.63. The third kappa shape index (κ3) is 5.19. The van der Waals surface area contributed by atoms with E-state index in [-0.39, 0.29) is 10.9 Å². The van der Waals surface area contributed by atoms with Crippen LogP contribution in [0.5, 0.6) is 0 Å². The van der Waals surface area contributed by atoms with E-state index < -0.39 is 23.7 Å². The van der Waals surface area contributed by atoms with E-state index in [0.29, 0.717) is 12.0 Å². The summed E-state index contributed by atoms with van der Waals surface area (Å²) in [6.45, 7) is 3.60. The number of benzene rings is 1. The van der Waals surface area contributed by atoms with Gasteiger partial charge in [0.2, 0.25) is 5.91 Å². The van der Waals surface area contributed by atoms with Gasteiger partial charge >= 0.3 is 5.97 Å². The van der Waals surface area contributed by atoms with Crippen LogP contribution >= 0.6 is 11.6 Å².